The van der Waals surface area contributed by atoms with Crippen molar-refractivity contribution >= 4 is 28.1 Å². The van der Waals surface area contributed by atoms with E-state index in [0.29, 0.717) is 17.5 Å². The molecule has 1 saturated heterocycles. The van der Waals surface area contributed by atoms with E-state index < -0.39 is 0 Å². The maximum absolute atomic E-state index is 6.12. The molecular weight excluding hydrogens is 306 g/mol. The van der Waals surface area contributed by atoms with Gasteiger partial charge in [0, 0.05) is 19.0 Å². The van der Waals surface area contributed by atoms with Gasteiger partial charge in [-0.3, -0.25) is 0 Å². The van der Waals surface area contributed by atoms with Crippen LogP contribution in [0.15, 0.2) is 24.3 Å². The van der Waals surface area contributed by atoms with E-state index in [1.807, 2.05) is 31.2 Å². The summed E-state index contributed by atoms with van der Waals surface area (Å²) in [6.45, 7) is 4.71. The number of halogens is 1. The molecular formula is C15H18ClN3OS. The number of hydrogen-bond acceptors (Lipinski definition) is 5. The lowest BCUT2D eigenvalue weighted by Gasteiger charge is -2.32. The first-order chi connectivity index (χ1) is 10.2. The molecule has 6 heteroatoms. The Hall–Kier alpha value is -1.33. The van der Waals surface area contributed by atoms with Gasteiger partial charge in [0.15, 0.2) is 0 Å². The Balaban J connectivity index is 1.58. The molecule has 1 aromatic carbocycles. The molecule has 2 heterocycles. The van der Waals surface area contributed by atoms with Crippen molar-refractivity contribution < 1.29 is 4.74 Å². The summed E-state index contributed by atoms with van der Waals surface area (Å²) in [5.41, 5.74) is 0. The van der Waals surface area contributed by atoms with Crippen molar-refractivity contribution in [1.29, 1.82) is 0 Å². The number of aromatic nitrogens is 2. The van der Waals surface area contributed by atoms with Gasteiger partial charge in [-0.1, -0.05) is 35.1 Å². The zero-order chi connectivity index (χ0) is 14.7. The molecule has 0 saturated carbocycles. The molecule has 112 valence electrons. The van der Waals surface area contributed by atoms with Crippen molar-refractivity contribution in [2.45, 2.75) is 19.8 Å². The van der Waals surface area contributed by atoms with Crippen LogP contribution in [0.25, 0.3) is 0 Å². The smallest absolute Gasteiger partial charge is 0.208 e. The van der Waals surface area contributed by atoms with Crippen LogP contribution in [-0.2, 0) is 0 Å². The molecule has 0 spiro atoms. The largest absolute Gasteiger partial charge is 0.492 e. The number of ether oxygens (including phenoxy) is 1. The number of hydrogen-bond donors (Lipinski definition) is 0. The normalized spacial score (nSPS) is 18.8. The van der Waals surface area contributed by atoms with Gasteiger partial charge in [-0.2, -0.15) is 0 Å². The minimum absolute atomic E-state index is 0.499. The van der Waals surface area contributed by atoms with E-state index in [0.717, 1.165) is 35.4 Å². The number of para-hydroxylation sites is 1. The van der Waals surface area contributed by atoms with E-state index >= 15 is 0 Å². The molecule has 0 N–H and O–H groups in total. The fourth-order valence-electron chi connectivity index (χ4n) is 2.56. The molecule has 1 fully saturated rings. The molecule has 1 atom stereocenters. The molecule has 1 aliphatic rings. The number of aryl methyl sites for hydroxylation is 1. The summed E-state index contributed by atoms with van der Waals surface area (Å²) in [7, 11) is 0. The molecule has 1 unspecified atom stereocenters. The van der Waals surface area contributed by atoms with Crippen LogP contribution in [0.2, 0.25) is 5.02 Å². The van der Waals surface area contributed by atoms with Crippen molar-refractivity contribution in [1.82, 2.24) is 10.2 Å². The standard InChI is InChI=1S/C15H18ClN3OS/c1-11-17-18-15(21-11)19-8-4-5-12(9-19)10-20-14-7-3-2-6-13(14)16/h2-3,6-7,12H,4-5,8-10H2,1H3. The van der Waals surface area contributed by atoms with E-state index in [-0.39, 0.29) is 0 Å². The molecule has 1 aliphatic heterocycles. The van der Waals surface area contributed by atoms with Gasteiger partial charge < -0.3 is 9.64 Å². The van der Waals surface area contributed by atoms with Crippen LogP contribution >= 0.6 is 22.9 Å². The minimum atomic E-state index is 0.499. The summed E-state index contributed by atoms with van der Waals surface area (Å²) in [5, 5.41) is 11.0. The highest BCUT2D eigenvalue weighted by Gasteiger charge is 2.23. The van der Waals surface area contributed by atoms with Gasteiger partial charge in [0.2, 0.25) is 5.13 Å². The maximum atomic E-state index is 6.12. The van der Waals surface area contributed by atoms with Crippen LogP contribution in [0.4, 0.5) is 5.13 Å². The third kappa shape index (κ3) is 3.66. The van der Waals surface area contributed by atoms with E-state index in [1.54, 1.807) is 11.3 Å². The first kappa shape index (κ1) is 14.6. The first-order valence-electron chi connectivity index (χ1n) is 7.15. The van der Waals surface area contributed by atoms with E-state index in [4.69, 9.17) is 16.3 Å². The Bertz CT molecular complexity index is 604. The Morgan fingerprint density at radius 3 is 3.00 bits per heavy atom. The van der Waals surface area contributed by atoms with Crippen LogP contribution < -0.4 is 9.64 Å². The number of rotatable bonds is 4. The van der Waals surface area contributed by atoms with E-state index in [2.05, 4.69) is 15.1 Å². The van der Waals surface area contributed by atoms with Gasteiger partial charge in [0.05, 0.1) is 11.6 Å². The molecule has 0 aliphatic carbocycles. The highest BCUT2D eigenvalue weighted by molar-refractivity contribution is 7.15. The third-order valence-electron chi connectivity index (χ3n) is 3.62. The van der Waals surface area contributed by atoms with Gasteiger partial charge in [0.25, 0.3) is 0 Å². The predicted octanol–water partition coefficient (Wildman–Crippen LogP) is 3.80. The summed E-state index contributed by atoms with van der Waals surface area (Å²) in [5.74, 6) is 1.27. The summed E-state index contributed by atoms with van der Waals surface area (Å²) in [4.78, 5) is 2.31. The maximum Gasteiger partial charge on any atom is 0.208 e. The van der Waals surface area contributed by atoms with Gasteiger partial charge in [-0.05, 0) is 31.9 Å². The van der Waals surface area contributed by atoms with Crippen LogP contribution in [0.1, 0.15) is 17.8 Å². The number of anilines is 1. The van der Waals surface area contributed by atoms with Crippen molar-refractivity contribution in [3.05, 3.63) is 34.3 Å². The summed E-state index contributed by atoms with van der Waals surface area (Å²) >= 11 is 7.77. The highest BCUT2D eigenvalue weighted by atomic mass is 35.5. The lowest BCUT2D eigenvalue weighted by molar-refractivity contribution is 0.229. The molecule has 21 heavy (non-hydrogen) atoms. The number of nitrogens with zero attached hydrogens (tertiary/aromatic N) is 3. The average molecular weight is 324 g/mol. The zero-order valence-electron chi connectivity index (χ0n) is 12.0. The molecule has 0 radical (unpaired) electrons. The second-order valence-electron chi connectivity index (χ2n) is 5.30. The Labute approximate surface area is 133 Å². The van der Waals surface area contributed by atoms with Crippen molar-refractivity contribution in [3.8, 4) is 5.75 Å². The molecule has 0 amide bonds. The predicted molar refractivity (Wildman–Crippen MR) is 86.5 cm³/mol. The number of piperidine rings is 1. The molecule has 4 nitrogen and oxygen atoms in total. The van der Waals surface area contributed by atoms with Crippen LogP contribution in [-0.4, -0.2) is 29.9 Å². The fourth-order valence-corrected chi connectivity index (χ4v) is 3.47. The third-order valence-corrected chi connectivity index (χ3v) is 4.83. The molecule has 3 rings (SSSR count). The van der Waals surface area contributed by atoms with Crippen LogP contribution in [0.5, 0.6) is 5.75 Å². The molecule has 0 bridgehead atoms. The SMILES string of the molecule is Cc1nnc(N2CCCC(COc3ccccc3Cl)C2)s1. The van der Waals surface area contributed by atoms with E-state index in [1.165, 1.54) is 6.42 Å². The minimum Gasteiger partial charge on any atom is -0.492 e. The van der Waals surface area contributed by atoms with Crippen molar-refractivity contribution in [2.24, 2.45) is 5.92 Å². The Morgan fingerprint density at radius 2 is 2.24 bits per heavy atom. The Morgan fingerprint density at radius 1 is 1.38 bits per heavy atom. The van der Waals surface area contributed by atoms with Crippen molar-refractivity contribution in [2.75, 3.05) is 24.6 Å². The first-order valence-corrected chi connectivity index (χ1v) is 8.34. The topological polar surface area (TPSA) is 38.2 Å². The van der Waals surface area contributed by atoms with Crippen LogP contribution in [0, 0.1) is 12.8 Å². The summed E-state index contributed by atoms with van der Waals surface area (Å²) in [6, 6.07) is 7.62. The van der Waals surface area contributed by atoms with Crippen molar-refractivity contribution in [3.63, 3.8) is 0 Å². The summed E-state index contributed by atoms with van der Waals surface area (Å²) in [6.07, 6.45) is 2.34. The molecule has 2 aromatic rings. The fraction of sp³-hybridized carbons (Fsp3) is 0.467. The highest BCUT2D eigenvalue weighted by Crippen LogP contribution is 2.28. The van der Waals surface area contributed by atoms with Gasteiger partial charge in [0.1, 0.15) is 10.8 Å². The van der Waals surface area contributed by atoms with E-state index in [9.17, 15) is 0 Å². The summed E-state index contributed by atoms with van der Waals surface area (Å²) < 4.78 is 5.87. The van der Waals surface area contributed by atoms with Gasteiger partial charge >= 0.3 is 0 Å². The van der Waals surface area contributed by atoms with Gasteiger partial charge in [-0.25, -0.2) is 0 Å². The second kappa shape index (κ2) is 6.62. The zero-order valence-corrected chi connectivity index (χ0v) is 13.5. The van der Waals surface area contributed by atoms with Crippen LogP contribution in [0.3, 0.4) is 0 Å². The van der Waals surface area contributed by atoms with Gasteiger partial charge in [-0.15, -0.1) is 10.2 Å². The number of benzene rings is 1. The lowest BCUT2D eigenvalue weighted by Crippen LogP contribution is -2.37. The second-order valence-corrected chi connectivity index (χ2v) is 6.87. The Kier molecular flexibility index (Phi) is 4.60. The monoisotopic (exact) mass is 323 g/mol. The lowest BCUT2D eigenvalue weighted by atomic mass is 9.99. The molecule has 1 aromatic heterocycles. The average Bonchev–Trinajstić information content (AvgIpc) is 2.93. The quantitative estimate of drug-likeness (QED) is 0.858.